The third-order valence-electron chi connectivity index (χ3n) is 2.36. The number of aryl methyl sites for hydroxylation is 2. The number of fused-ring (bicyclic) bond motifs is 1. The van der Waals surface area contributed by atoms with Crippen molar-refractivity contribution >= 4 is 10.9 Å². The van der Waals surface area contributed by atoms with Gasteiger partial charge >= 0.3 is 0 Å². The summed E-state index contributed by atoms with van der Waals surface area (Å²) in [5, 5.41) is 1.34. The van der Waals surface area contributed by atoms with Gasteiger partial charge in [0.25, 0.3) is 0 Å². The average molecular weight is 219 g/mol. The lowest BCUT2D eigenvalue weighted by Gasteiger charge is -1.98. The van der Waals surface area contributed by atoms with Gasteiger partial charge < -0.3 is 4.57 Å². The first-order chi connectivity index (χ1) is 7.81. The molecule has 0 atom stereocenters. The van der Waals surface area contributed by atoms with Gasteiger partial charge in [-0.3, -0.25) is 0 Å². The number of hydrogen-bond acceptors (Lipinski definition) is 0. The van der Waals surface area contributed by atoms with E-state index in [0.29, 0.717) is 0 Å². The summed E-state index contributed by atoms with van der Waals surface area (Å²) in [5.41, 5.74) is 2.72. The first kappa shape index (κ1) is 14.8. The van der Waals surface area contributed by atoms with Crippen molar-refractivity contribution in [1.29, 1.82) is 0 Å². The highest BCUT2D eigenvalue weighted by atomic mass is 14.9. The molecule has 90 valence electrons. The van der Waals surface area contributed by atoms with Crippen molar-refractivity contribution in [3.63, 3.8) is 0 Å². The van der Waals surface area contributed by atoms with Gasteiger partial charge in [-0.2, -0.15) is 0 Å². The first-order valence-electron chi connectivity index (χ1n) is 6.35. The molecule has 1 nitrogen and oxygen atoms in total. The highest BCUT2D eigenvalue weighted by molar-refractivity contribution is 5.80. The van der Waals surface area contributed by atoms with Gasteiger partial charge in [0.1, 0.15) is 0 Å². The second kappa shape index (κ2) is 7.98. The lowest BCUT2D eigenvalue weighted by atomic mass is 10.1. The molecule has 0 amide bonds. The molecular formula is C15H25N. The van der Waals surface area contributed by atoms with Crippen LogP contribution in [0.15, 0.2) is 30.5 Å². The Morgan fingerprint density at radius 1 is 1.00 bits per heavy atom. The third kappa shape index (κ3) is 3.41. The van der Waals surface area contributed by atoms with Gasteiger partial charge in [-0.15, -0.1) is 0 Å². The van der Waals surface area contributed by atoms with Crippen LogP contribution in [0.3, 0.4) is 0 Å². The van der Waals surface area contributed by atoms with Gasteiger partial charge in [-0.1, -0.05) is 40.7 Å². The Balaban J connectivity index is 0.000000509. The molecule has 0 radical (unpaired) electrons. The number of nitrogens with zero attached hydrogens (tertiary/aromatic N) is 1. The molecule has 1 aromatic carbocycles. The molecule has 1 aromatic heterocycles. The minimum absolute atomic E-state index is 1.12. The molecule has 0 aliphatic heterocycles. The molecule has 0 saturated carbocycles. The Morgan fingerprint density at radius 2 is 1.62 bits per heavy atom. The average Bonchev–Trinajstić information content (AvgIpc) is 2.75. The van der Waals surface area contributed by atoms with Crippen molar-refractivity contribution in [2.24, 2.45) is 7.05 Å². The van der Waals surface area contributed by atoms with Gasteiger partial charge in [0.05, 0.1) is 0 Å². The number of aromatic nitrogens is 1. The summed E-state index contributed by atoms with van der Waals surface area (Å²) in [5.74, 6) is 0. The Hall–Kier alpha value is -1.24. The maximum absolute atomic E-state index is 2.26. The topological polar surface area (TPSA) is 4.93 Å². The minimum atomic E-state index is 1.12. The van der Waals surface area contributed by atoms with Gasteiger partial charge in [0, 0.05) is 18.8 Å². The first-order valence-corrected chi connectivity index (χ1v) is 6.35. The molecule has 0 unspecified atom stereocenters. The van der Waals surface area contributed by atoms with E-state index < -0.39 is 0 Å². The van der Waals surface area contributed by atoms with Gasteiger partial charge in [-0.25, -0.2) is 0 Å². The molecule has 0 N–H and O–H groups in total. The zero-order valence-electron chi connectivity index (χ0n) is 11.5. The molecule has 0 saturated heterocycles. The van der Waals surface area contributed by atoms with Crippen LogP contribution in [0.4, 0.5) is 0 Å². The van der Waals surface area contributed by atoms with E-state index in [4.69, 9.17) is 0 Å². The van der Waals surface area contributed by atoms with Crippen molar-refractivity contribution < 1.29 is 0 Å². The Labute approximate surface area is 100 Å². The molecule has 0 aliphatic carbocycles. The van der Waals surface area contributed by atoms with E-state index in [2.05, 4.69) is 49.0 Å². The summed E-state index contributed by atoms with van der Waals surface area (Å²) < 4.78 is 2.15. The van der Waals surface area contributed by atoms with E-state index >= 15 is 0 Å². The van der Waals surface area contributed by atoms with Crippen molar-refractivity contribution in [2.75, 3.05) is 0 Å². The summed E-state index contributed by atoms with van der Waals surface area (Å²) >= 11 is 0. The van der Waals surface area contributed by atoms with Crippen LogP contribution in [-0.2, 0) is 13.5 Å². The van der Waals surface area contributed by atoms with Crippen LogP contribution >= 0.6 is 0 Å². The molecular weight excluding hydrogens is 194 g/mol. The molecule has 16 heavy (non-hydrogen) atoms. The zero-order chi connectivity index (χ0) is 12.6. The van der Waals surface area contributed by atoms with E-state index in [9.17, 15) is 0 Å². The second-order valence-electron chi connectivity index (χ2n) is 3.17. The predicted octanol–water partition coefficient (Wildman–Crippen LogP) is 4.79. The Bertz CT molecular complexity index is 399. The van der Waals surface area contributed by atoms with Crippen molar-refractivity contribution in [2.45, 2.75) is 41.0 Å². The Kier molecular flexibility index (Phi) is 7.36. The minimum Gasteiger partial charge on any atom is -0.351 e. The maximum atomic E-state index is 2.26. The monoisotopic (exact) mass is 219 g/mol. The molecule has 0 bridgehead atoms. The normalized spacial score (nSPS) is 8.88. The van der Waals surface area contributed by atoms with Crippen LogP contribution in [-0.4, -0.2) is 4.57 Å². The molecule has 0 aliphatic rings. The largest absolute Gasteiger partial charge is 0.351 e. The molecule has 1 heterocycles. The van der Waals surface area contributed by atoms with Crippen LogP contribution in [0, 0.1) is 0 Å². The van der Waals surface area contributed by atoms with E-state index in [-0.39, 0.29) is 0 Å². The lowest BCUT2D eigenvalue weighted by molar-refractivity contribution is 0.968. The lowest BCUT2D eigenvalue weighted by Crippen LogP contribution is -1.84. The highest BCUT2D eigenvalue weighted by Crippen LogP contribution is 2.16. The van der Waals surface area contributed by atoms with E-state index in [1.54, 1.807) is 0 Å². The van der Waals surface area contributed by atoms with Crippen LogP contribution in [0.25, 0.3) is 10.9 Å². The van der Waals surface area contributed by atoms with E-state index in [1.165, 1.54) is 16.5 Å². The smallest absolute Gasteiger partial charge is 0.0477 e. The molecule has 2 aromatic rings. The number of benzene rings is 1. The summed E-state index contributed by atoms with van der Waals surface area (Å²) in [6.45, 7) is 10.2. The quantitative estimate of drug-likeness (QED) is 0.649. The number of rotatable bonds is 1. The second-order valence-corrected chi connectivity index (χ2v) is 3.17. The van der Waals surface area contributed by atoms with Gasteiger partial charge in [0.2, 0.25) is 0 Å². The molecule has 1 heteroatoms. The molecule has 2 rings (SSSR count). The number of hydrogen-bond donors (Lipinski definition) is 0. The standard InChI is InChI=1S/C11H13N.2C2H6/c1-3-9-4-5-11-10(8-9)6-7-12(11)2;2*1-2/h4-8H,3H2,1-2H3;2*1-2H3. The van der Waals surface area contributed by atoms with Crippen molar-refractivity contribution in [1.82, 2.24) is 4.57 Å². The summed E-state index contributed by atoms with van der Waals surface area (Å²) in [7, 11) is 2.08. The Morgan fingerprint density at radius 3 is 2.19 bits per heavy atom. The summed E-state index contributed by atoms with van der Waals surface area (Å²) in [6, 6.07) is 8.81. The van der Waals surface area contributed by atoms with Gasteiger partial charge in [-0.05, 0) is 35.6 Å². The fourth-order valence-corrected chi connectivity index (χ4v) is 1.55. The van der Waals surface area contributed by atoms with E-state index in [1.807, 2.05) is 27.7 Å². The zero-order valence-corrected chi connectivity index (χ0v) is 11.5. The van der Waals surface area contributed by atoms with Crippen molar-refractivity contribution in [3.05, 3.63) is 36.0 Å². The van der Waals surface area contributed by atoms with Crippen LogP contribution in [0.2, 0.25) is 0 Å². The summed E-state index contributed by atoms with van der Waals surface area (Å²) in [6.07, 6.45) is 3.22. The highest BCUT2D eigenvalue weighted by Gasteiger charge is 1.97. The van der Waals surface area contributed by atoms with Gasteiger partial charge in [0.15, 0.2) is 0 Å². The molecule has 0 spiro atoms. The summed E-state index contributed by atoms with van der Waals surface area (Å²) in [4.78, 5) is 0. The maximum Gasteiger partial charge on any atom is 0.0477 e. The predicted molar refractivity (Wildman–Crippen MR) is 75.0 cm³/mol. The van der Waals surface area contributed by atoms with Crippen LogP contribution in [0.5, 0.6) is 0 Å². The fraction of sp³-hybridized carbons (Fsp3) is 0.467. The third-order valence-corrected chi connectivity index (χ3v) is 2.36. The fourth-order valence-electron chi connectivity index (χ4n) is 1.55. The van der Waals surface area contributed by atoms with Crippen LogP contribution in [0.1, 0.15) is 40.2 Å². The van der Waals surface area contributed by atoms with E-state index in [0.717, 1.165) is 6.42 Å². The van der Waals surface area contributed by atoms with Crippen molar-refractivity contribution in [3.8, 4) is 0 Å². The molecule has 0 fully saturated rings. The van der Waals surface area contributed by atoms with Crippen LogP contribution < -0.4 is 0 Å². The SMILES string of the molecule is CC.CC.CCc1ccc2c(ccn2C)c1.